The Hall–Kier alpha value is -0.710. The number of aliphatic carboxylic acids is 1. The number of rotatable bonds is 4. The Bertz CT molecular complexity index is 145. The Morgan fingerprint density at radius 2 is 2.09 bits per heavy atom. The number of carbonyl (C=O) groups excluding carboxylic acids is 1. The predicted octanol–water partition coefficient (Wildman–Crippen LogP) is 0.00170. The van der Waals surface area contributed by atoms with Gasteiger partial charge in [-0.3, -0.25) is 0 Å². The maximum absolute atomic E-state index is 12.0. The molecule has 0 aliphatic carbocycles. The third kappa shape index (κ3) is 3.87. The highest BCUT2D eigenvalue weighted by Crippen LogP contribution is 2.14. The highest BCUT2D eigenvalue weighted by atomic mass is 19.3. The largest absolute Gasteiger partial charge is 0.542 e. The molecule has 0 bridgehead atoms. The van der Waals surface area contributed by atoms with E-state index in [9.17, 15) is 18.7 Å². The summed E-state index contributed by atoms with van der Waals surface area (Å²) < 4.78 is 27.8. The average molecular weight is 167 g/mol. The highest BCUT2D eigenvalue weighted by Gasteiger charge is 2.32. The molecule has 0 aromatic rings. The molecule has 0 amide bonds. The molecule has 0 spiro atoms. The molecule has 5 heteroatoms. The zero-order valence-electron chi connectivity index (χ0n) is 6.27. The van der Waals surface area contributed by atoms with E-state index in [1.165, 1.54) is 0 Å². The highest BCUT2D eigenvalue weighted by molar-refractivity contribution is 5.71. The second kappa shape index (κ2) is 3.61. The topological polar surface area (TPSA) is 49.4 Å². The van der Waals surface area contributed by atoms with Gasteiger partial charge in [0.1, 0.15) is 5.97 Å². The summed E-state index contributed by atoms with van der Waals surface area (Å²) in [4.78, 5) is 9.65. The van der Waals surface area contributed by atoms with Crippen molar-refractivity contribution in [3.05, 3.63) is 0 Å². The Morgan fingerprint density at radius 3 is 2.36 bits per heavy atom. The van der Waals surface area contributed by atoms with Crippen molar-refractivity contribution >= 4 is 5.97 Å². The fourth-order valence-electron chi connectivity index (χ4n) is 0.330. The normalized spacial score (nSPS) is 12.1. The molecule has 0 fully saturated rings. The van der Waals surface area contributed by atoms with E-state index in [0.29, 0.717) is 0 Å². The second-order valence-electron chi connectivity index (χ2n) is 2.51. The van der Waals surface area contributed by atoms with Crippen molar-refractivity contribution < 1.29 is 23.4 Å². The molecule has 3 nitrogen and oxygen atoms in total. The minimum absolute atomic E-state index is 0.139. The number of halogens is 2. The van der Waals surface area contributed by atoms with E-state index in [2.05, 4.69) is 4.74 Å². The number of ether oxygens (including phenoxy) is 1. The fraction of sp³-hybridized carbons (Fsp3) is 0.833. The summed E-state index contributed by atoms with van der Waals surface area (Å²) in [5.41, 5.74) is 0. The van der Waals surface area contributed by atoms with E-state index in [-0.39, 0.29) is 12.5 Å². The number of hydrogen-bond donors (Lipinski definition) is 0. The van der Waals surface area contributed by atoms with Crippen molar-refractivity contribution in [2.75, 3.05) is 6.61 Å². The van der Waals surface area contributed by atoms with Gasteiger partial charge in [-0.15, -0.1) is 0 Å². The molecule has 0 aliphatic rings. The Labute approximate surface area is 63.0 Å². The van der Waals surface area contributed by atoms with Gasteiger partial charge in [0.15, 0.2) is 0 Å². The summed E-state index contributed by atoms with van der Waals surface area (Å²) in [6.07, 6.45) is -4.16. The van der Waals surface area contributed by atoms with Crippen molar-refractivity contribution in [2.45, 2.75) is 20.0 Å². The second-order valence-corrected chi connectivity index (χ2v) is 2.51. The Balaban J connectivity index is 3.83. The lowest BCUT2D eigenvalue weighted by Crippen LogP contribution is -2.44. The zero-order valence-corrected chi connectivity index (χ0v) is 6.27. The van der Waals surface area contributed by atoms with E-state index < -0.39 is 12.1 Å². The molecule has 0 rings (SSSR count). The first-order valence-electron chi connectivity index (χ1n) is 3.09. The number of carbonyl (C=O) groups is 1. The molecule has 0 saturated carbocycles. The summed E-state index contributed by atoms with van der Waals surface area (Å²) in [7, 11) is 0. The van der Waals surface area contributed by atoms with E-state index in [4.69, 9.17) is 0 Å². The lowest BCUT2D eigenvalue weighted by atomic mass is 10.2. The first-order valence-corrected chi connectivity index (χ1v) is 3.09. The van der Waals surface area contributed by atoms with Crippen LogP contribution in [-0.2, 0) is 9.53 Å². The third-order valence-corrected chi connectivity index (χ3v) is 0.836. The summed E-state index contributed by atoms with van der Waals surface area (Å²) >= 11 is 0. The van der Waals surface area contributed by atoms with E-state index in [1.807, 2.05) is 0 Å². The van der Waals surface area contributed by atoms with Gasteiger partial charge >= 0.3 is 6.11 Å². The third-order valence-electron chi connectivity index (χ3n) is 0.836. The molecule has 0 atom stereocenters. The summed E-state index contributed by atoms with van der Waals surface area (Å²) in [5, 5.41) is 9.65. The maximum atomic E-state index is 12.0. The number of carboxylic acids is 1. The molecule has 0 heterocycles. The van der Waals surface area contributed by atoms with Crippen LogP contribution in [0.2, 0.25) is 0 Å². The van der Waals surface area contributed by atoms with Crippen LogP contribution in [0.25, 0.3) is 0 Å². The fourth-order valence-corrected chi connectivity index (χ4v) is 0.330. The molecule has 0 unspecified atom stereocenters. The molecular weight excluding hydrogens is 158 g/mol. The summed E-state index contributed by atoms with van der Waals surface area (Å²) in [6.45, 7) is 2.96. The van der Waals surface area contributed by atoms with E-state index in [1.54, 1.807) is 13.8 Å². The van der Waals surface area contributed by atoms with Crippen molar-refractivity contribution in [1.29, 1.82) is 0 Å². The van der Waals surface area contributed by atoms with Gasteiger partial charge < -0.3 is 14.6 Å². The molecule has 0 saturated heterocycles. The van der Waals surface area contributed by atoms with Gasteiger partial charge in [-0.25, -0.2) is 0 Å². The van der Waals surface area contributed by atoms with Crippen LogP contribution in [0.15, 0.2) is 0 Å². The van der Waals surface area contributed by atoms with Crippen LogP contribution in [0.3, 0.4) is 0 Å². The smallest absolute Gasteiger partial charge is 0.397 e. The van der Waals surface area contributed by atoms with Gasteiger partial charge in [-0.1, -0.05) is 13.8 Å². The number of hydrogen-bond acceptors (Lipinski definition) is 3. The van der Waals surface area contributed by atoms with Gasteiger partial charge in [0.05, 0.1) is 6.61 Å². The molecule has 66 valence electrons. The van der Waals surface area contributed by atoms with Crippen molar-refractivity contribution in [3.63, 3.8) is 0 Å². The minimum atomic E-state index is -4.16. The average Bonchev–Trinajstić information content (AvgIpc) is 1.84. The van der Waals surface area contributed by atoms with Crippen LogP contribution in [0.5, 0.6) is 0 Å². The lowest BCUT2D eigenvalue weighted by Gasteiger charge is -2.18. The van der Waals surface area contributed by atoms with E-state index in [0.717, 1.165) is 0 Å². The molecule has 0 N–H and O–H groups in total. The first-order chi connectivity index (χ1) is 4.86. The monoisotopic (exact) mass is 167 g/mol. The summed E-state index contributed by atoms with van der Waals surface area (Å²) in [6, 6.07) is 0. The van der Waals surface area contributed by atoms with Crippen molar-refractivity contribution in [1.82, 2.24) is 0 Å². The Morgan fingerprint density at radius 1 is 1.64 bits per heavy atom. The standard InChI is InChI=1S/C6H10F2O3/c1-4(2)3-11-6(7,8)5(9)10/h4H,3H2,1-2H3,(H,9,10)/p-1. The summed E-state index contributed by atoms with van der Waals surface area (Å²) in [5.74, 6) is -2.64. The van der Waals surface area contributed by atoms with Crippen LogP contribution < -0.4 is 5.11 Å². The van der Waals surface area contributed by atoms with Crippen LogP contribution in [0.4, 0.5) is 8.78 Å². The van der Waals surface area contributed by atoms with Gasteiger partial charge in [0.25, 0.3) is 0 Å². The van der Waals surface area contributed by atoms with Crippen molar-refractivity contribution in [2.24, 2.45) is 5.92 Å². The lowest BCUT2D eigenvalue weighted by molar-refractivity contribution is -0.363. The minimum Gasteiger partial charge on any atom is -0.542 e. The molecule has 0 radical (unpaired) electrons. The Kier molecular flexibility index (Phi) is 3.38. The quantitative estimate of drug-likeness (QED) is 0.592. The van der Waals surface area contributed by atoms with Gasteiger partial charge in [0.2, 0.25) is 0 Å². The van der Waals surface area contributed by atoms with Gasteiger partial charge in [-0.05, 0) is 5.92 Å². The molecule has 0 aliphatic heterocycles. The molecule has 0 aromatic carbocycles. The number of alkyl halides is 2. The number of carboxylic acid groups (broad SMARTS) is 1. The van der Waals surface area contributed by atoms with Crippen molar-refractivity contribution in [3.8, 4) is 0 Å². The van der Waals surface area contributed by atoms with Crippen LogP contribution in [0, 0.1) is 5.92 Å². The SMILES string of the molecule is CC(C)COC(F)(F)C(=O)[O-]. The maximum Gasteiger partial charge on any atom is 0.397 e. The van der Waals surface area contributed by atoms with Crippen LogP contribution in [0.1, 0.15) is 13.8 Å². The first kappa shape index (κ1) is 10.3. The molecule has 11 heavy (non-hydrogen) atoms. The van der Waals surface area contributed by atoms with Gasteiger partial charge in [-0.2, -0.15) is 8.78 Å². The molecule has 0 aromatic heterocycles. The van der Waals surface area contributed by atoms with Gasteiger partial charge in [0, 0.05) is 0 Å². The molecular formula is C6H9F2O3-. The van der Waals surface area contributed by atoms with E-state index >= 15 is 0 Å². The van der Waals surface area contributed by atoms with Crippen LogP contribution in [-0.4, -0.2) is 18.7 Å². The van der Waals surface area contributed by atoms with Crippen LogP contribution >= 0.6 is 0 Å². The zero-order chi connectivity index (χ0) is 9.07. The predicted molar refractivity (Wildman–Crippen MR) is 30.7 cm³/mol.